The molecule has 0 aromatic heterocycles. The first-order valence-corrected chi connectivity index (χ1v) is 17.0. The Bertz CT molecular complexity index is 517. The van der Waals surface area contributed by atoms with Gasteiger partial charge in [0.2, 0.25) is 0 Å². The second kappa shape index (κ2) is 19.8. The van der Waals surface area contributed by atoms with Gasteiger partial charge in [0, 0.05) is 90.3 Å². The topological polar surface area (TPSA) is 139 Å². The summed E-state index contributed by atoms with van der Waals surface area (Å²) in [6.45, 7) is 0. The lowest BCUT2D eigenvalue weighted by atomic mass is 10.1. The fourth-order valence-electron chi connectivity index (χ4n) is 3.39. The molecule has 35 heavy (non-hydrogen) atoms. The largest absolute Gasteiger partial charge is 0.500 e. The van der Waals surface area contributed by atoms with Gasteiger partial charge in [0.15, 0.2) is 0 Å². The van der Waals surface area contributed by atoms with Gasteiger partial charge in [-0.3, -0.25) is 9.59 Å². The summed E-state index contributed by atoms with van der Waals surface area (Å²) in [5, 5.41) is 19.0. The van der Waals surface area contributed by atoms with Crippen molar-refractivity contribution in [2.24, 2.45) is 11.8 Å². The highest BCUT2D eigenvalue weighted by molar-refractivity contribution is 8.07. The maximum atomic E-state index is 11.6. The van der Waals surface area contributed by atoms with Crippen LogP contribution in [0.1, 0.15) is 38.5 Å². The predicted molar refractivity (Wildman–Crippen MR) is 139 cm³/mol. The van der Waals surface area contributed by atoms with Crippen LogP contribution in [-0.2, 0) is 39.8 Å². The highest BCUT2D eigenvalue weighted by Gasteiger charge is 2.37. The SMILES string of the molecule is CO[Si](CCCCC(CSOSCC(CCCC[Si](OC)(OC)OC)C(=O)O)C(=O)O)(OC)OC. The van der Waals surface area contributed by atoms with Gasteiger partial charge in [0.25, 0.3) is 0 Å². The van der Waals surface area contributed by atoms with E-state index in [0.717, 1.165) is 36.9 Å². The Hall–Kier alpha value is -0.206. The van der Waals surface area contributed by atoms with E-state index in [2.05, 4.69) is 0 Å². The monoisotopic (exact) mass is 578 g/mol. The molecule has 0 aromatic rings. The number of carbonyl (C=O) groups is 2. The molecule has 0 rings (SSSR count). The molecule has 0 saturated heterocycles. The van der Waals surface area contributed by atoms with E-state index in [1.54, 1.807) is 42.7 Å². The van der Waals surface area contributed by atoms with Crippen LogP contribution in [0.5, 0.6) is 0 Å². The number of hydrogen-bond donors (Lipinski definition) is 2. The van der Waals surface area contributed by atoms with Crippen LogP contribution in [0.3, 0.4) is 0 Å². The Morgan fingerprint density at radius 2 is 0.943 bits per heavy atom. The molecular weight excluding hydrogens is 537 g/mol. The molecule has 2 N–H and O–H groups in total. The van der Waals surface area contributed by atoms with Crippen LogP contribution in [0.15, 0.2) is 0 Å². The molecule has 0 aliphatic carbocycles. The summed E-state index contributed by atoms with van der Waals surface area (Å²) in [7, 11) is 4.02. The second-order valence-corrected chi connectivity index (χ2v) is 15.7. The molecule has 0 aliphatic rings. The molecule has 2 unspecified atom stereocenters. The van der Waals surface area contributed by atoms with Crippen molar-refractivity contribution in [3.8, 4) is 0 Å². The third kappa shape index (κ3) is 13.8. The molecular formula is C20H42O11S2Si2. The smallest absolute Gasteiger partial charge is 0.481 e. The van der Waals surface area contributed by atoms with Crippen molar-refractivity contribution in [1.29, 1.82) is 0 Å². The molecule has 0 heterocycles. The van der Waals surface area contributed by atoms with Crippen molar-refractivity contribution < 1.29 is 50.0 Å². The van der Waals surface area contributed by atoms with Gasteiger partial charge >= 0.3 is 29.5 Å². The zero-order chi connectivity index (χ0) is 26.7. The van der Waals surface area contributed by atoms with E-state index in [1.165, 1.54) is 0 Å². The van der Waals surface area contributed by atoms with Crippen LogP contribution >= 0.6 is 24.1 Å². The minimum Gasteiger partial charge on any atom is -0.481 e. The van der Waals surface area contributed by atoms with Crippen molar-refractivity contribution in [3.63, 3.8) is 0 Å². The standard InChI is InChI=1S/C20H42O11S2Si2/c1-25-34(26-2,27-3)13-9-7-11-17(19(21)22)15-32-31-33-16-18(20(23)24)12-8-10-14-35(28-4,29-5)30-6/h17-18H,7-16H2,1-6H3,(H,21,22)(H,23,24). The van der Waals surface area contributed by atoms with Crippen LogP contribution in [-0.4, -0.2) is 93.9 Å². The quantitative estimate of drug-likeness (QED) is 0.0976. The predicted octanol–water partition coefficient (Wildman–Crippen LogP) is 3.80. The van der Waals surface area contributed by atoms with Gasteiger partial charge < -0.3 is 36.8 Å². The van der Waals surface area contributed by atoms with Gasteiger partial charge in [0.05, 0.1) is 11.8 Å². The van der Waals surface area contributed by atoms with Crippen molar-refractivity contribution in [2.75, 3.05) is 54.2 Å². The van der Waals surface area contributed by atoms with Gasteiger partial charge in [-0.25, -0.2) is 3.63 Å². The fourth-order valence-corrected chi connectivity index (χ4v) is 8.64. The average molecular weight is 579 g/mol. The molecule has 0 amide bonds. The first-order chi connectivity index (χ1) is 16.7. The molecule has 11 nitrogen and oxygen atoms in total. The molecule has 0 aliphatic heterocycles. The molecule has 0 spiro atoms. The Morgan fingerprint density at radius 1 is 0.629 bits per heavy atom. The Balaban J connectivity index is 4.28. The number of carboxylic acid groups (broad SMARTS) is 2. The molecule has 15 heteroatoms. The van der Waals surface area contributed by atoms with Crippen LogP contribution < -0.4 is 0 Å². The first kappa shape index (κ1) is 34.8. The van der Waals surface area contributed by atoms with E-state index < -0.39 is 41.4 Å². The number of unbranched alkanes of at least 4 members (excludes halogenated alkanes) is 2. The van der Waals surface area contributed by atoms with E-state index in [-0.39, 0.29) is 11.5 Å². The fraction of sp³-hybridized carbons (Fsp3) is 0.900. The number of aliphatic carboxylic acids is 2. The van der Waals surface area contributed by atoms with Crippen molar-refractivity contribution >= 4 is 53.6 Å². The molecule has 0 radical (unpaired) electrons. The lowest BCUT2D eigenvalue weighted by Crippen LogP contribution is -2.42. The zero-order valence-electron chi connectivity index (χ0n) is 21.6. The highest BCUT2D eigenvalue weighted by Crippen LogP contribution is 2.26. The Morgan fingerprint density at radius 3 is 1.20 bits per heavy atom. The minimum atomic E-state index is -2.65. The third-order valence-electron chi connectivity index (χ3n) is 5.77. The normalized spacial score (nSPS) is 14.1. The van der Waals surface area contributed by atoms with Gasteiger partial charge in [-0.2, -0.15) is 0 Å². The second-order valence-electron chi connectivity index (χ2n) is 7.79. The summed E-state index contributed by atoms with van der Waals surface area (Å²) in [6, 6.07) is 1.23. The van der Waals surface area contributed by atoms with E-state index in [4.69, 9.17) is 30.2 Å². The molecule has 0 bridgehead atoms. The van der Waals surface area contributed by atoms with Gasteiger partial charge in [0.1, 0.15) is 0 Å². The van der Waals surface area contributed by atoms with E-state index in [1.807, 2.05) is 0 Å². The summed E-state index contributed by atoms with van der Waals surface area (Å²) in [4.78, 5) is 23.1. The first-order valence-electron chi connectivity index (χ1n) is 11.4. The summed E-state index contributed by atoms with van der Waals surface area (Å²) in [5.74, 6) is -2.34. The van der Waals surface area contributed by atoms with Gasteiger partial charge in [-0.05, 0) is 25.7 Å². The summed E-state index contributed by atoms with van der Waals surface area (Å²) >= 11 is 2.08. The highest BCUT2D eigenvalue weighted by atomic mass is 32.2. The van der Waals surface area contributed by atoms with E-state index in [9.17, 15) is 19.8 Å². The van der Waals surface area contributed by atoms with E-state index in [0.29, 0.717) is 37.8 Å². The summed E-state index contributed by atoms with van der Waals surface area (Å²) in [6.07, 6.45) is 3.82. The van der Waals surface area contributed by atoms with Crippen LogP contribution in [0.4, 0.5) is 0 Å². The minimum absolute atomic E-state index is 0.277. The van der Waals surface area contributed by atoms with Gasteiger partial charge in [-0.1, -0.05) is 12.8 Å². The Labute approximate surface area is 220 Å². The maximum Gasteiger partial charge on any atom is 0.500 e. The van der Waals surface area contributed by atoms with Crippen molar-refractivity contribution in [2.45, 2.75) is 50.6 Å². The Kier molecular flexibility index (Phi) is 19.7. The van der Waals surface area contributed by atoms with E-state index >= 15 is 0 Å². The lowest BCUT2D eigenvalue weighted by molar-refractivity contribution is -0.142. The van der Waals surface area contributed by atoms with Crippen molar-refractivity contribution in [3.05, 3.63) is 0 Å². The van der Waals surface area contributed by atoms with Crippen LogP contribution in [0.25, 0.3) is 0 Å². The zero-order valence-corrected chi connectivity index (χ0v) is 25.2. The third-order valence-corrected chi connectivity index (χ3v) is 13.3. The summed E-state index contributed by atoms with van der Waals surface area (Å²) in [5.41, 5.74) is 0. The molecule has 0 saturated carbocycles. The number of hydrogen-bond acceptors (Lipinski definition) is 11. The number of carboxylic acids is 2. The van der Waals surface area contributed by atoms with Gasteiger partial charge in [-0.15, -0.1) is 0 Å². The molecule has 2 atom stereocenters. The lowest BCUT2D eigenvalue weighted by Gasteiger charge is -2.24. The summed E-state index contributed by atoms with van der Waals surface area (Å²) < 4.78 is 37.7. The maximum absolute atomic E-state index is 11.6. The molecule has 0 aromatic carbocycles. The molecule has 0 fully saturated rings. The average Bonchev–Trinajstić information content (AvgIpc) is 2.86. The number of rotatable bonds is 24. The molecule has 208 valence electrons. The van der Waals surface area contributed by atoms with Crippen LogP contribution in [0, 0.1) is 11.8 Å². The van der Waals surface area contributed by atoms with Crippen LogP contribution in [0.2, 0.25) is 12.1 Å². The van der Waals surface area contributed by atoms with Crippen molar-refractivity contribution in [1.82, 2.24) is 0 Å².